The minimum atomic E-state index is -0.884. The Hall–Kier alpha value is -0.610. The molecule has 1 amide bonds. The summed E-state index contributed by atoms with van der Waals surface area (Å²) in [4.78, 5) is 13.5. The Morgan fingerprint density at radius 3 is 2.67 bits per heavy atom. The van der Waals surface area contributed by atoms with Gasteiger partial charge in [-0.1, -0.05) is 6.92 Å². The molecule has 0 aromatic carbocycles. The van der Waals surface area contributed by atoms with Gasteiger partial charge in [-0.15, -0.1) is 0 Å². The number of likely N-dealkylation sites (tertiary alicyclic amines) is 1. The first-order chi connectivity index (χ1) is 6.83. The Kier molecular flexibility index (Phi) is 3.73. The molecule has 0 aromatic heterocycles. The molecule has 0 spiro atoms. The lowest BCUT2D eigenvalue weighted by molar-refractivity contribution is -0.123. The van der Waals surface area contributed by atoms with Crippen molar-refractivity contribution in [3.63, 3.8) is 0 Å². The molecule has 1 rings (SSSR count). The number of hydrogen-bond acceptors (Lipinski definition) is 3. The highest BCUT2D eigenvalue weighted by Crippen LogP contribution is 2.21. The zero-order valence-electron chi connectivity index (χ0n) is 9.99. The van der Waals surface area contributed by atoms with E-state index in [1.807, 2.05) is 0 Å². The Morgan fingerprint density at radius 1 is 1.67 bits per heavy atom. The van der Waals surface area contributed by atoms with Crippen LogP contribution in [0.4, 0.5) is 0 Å². The average molecular weight is 213 g/mol. The van der Waals surface area contributed by atoms with Crippen molar-refractivity contribution >= 4 is 5.91 Å². The van der Waals surface area contributed by atoms with Crippen molar-refractivity contribution in [2.75, 3.05) is 13.1 Å². The molecule has 0 bridgehead atoms. The first-order valence-corrected chi connectivity index (χ1v) is 5.66. The van der Waals surface area contributed by atoms with Crippen LogP contribution in [0.25, 0.3) is 0 Å². The third-order valence-electron chi connectivity index (χ3n) is 3.36. The Balaban J connectivity index is 2.48. The SMILES string of the molecule is CC1CCN(C(C)CC(C)(N)C(N)=O)C1. The fourth-order valence-electron chi connectivity index (χ4n) is 2.21. The molecular weight excluding hydrogens is 190 g/mol. The summed E-state index contributed by atoms with van der Waals surface area (Å²) in [5.74, 6) is 0.339. The first kappa shape index (κ1) is 12.5. The van der Waals surface area contributed by atoms with Gasteiger partial charge in [0.2, 0.25) is 5.91 Å². The van der Waals surface area contributed by atoms with Gasteiger partial charge in [-0.2, -0.15) is 0 Å². The van der Waals surface area contributed by atoms with Gasteiger partial charge >= 0.3 is 0 Å². The number of nitrogens with two attached hydrogens (primary N) is 2. The predicted molar refractivity (Wildman–Crippen MR) is 61.2 cm³/mol. The maximum absolute atomic E-state index is 11.1. The van der Waals surface area contributed by atoms with Crippen LogP contribution in [-0.2, 0) is 4.79 Å². The van der Waals surface area contributed by atoms with Gasteiger partial charge in [-0.3, -0.25) is 4.79 Å². The largest absolute Gasteiger partial charge is 0.368 e. The van der Waals surface area contributed by atoms with Crippen LogP contribution in [0.15, 0.2) is 0 Å². The lowest BCUT2D eigenvalue weighted by Gasteiger charge is -2.30. The summed E-state index contributed by atoms with van der Waals surface area (Å²) in [6.07, 6.45) is 1.87. The Morgan fingerprint density at radius 2 is 2.27 bits per heavy atom. The van der Waals surface area contributed by atoms with Crippen LogP contribution >= 0.6 is 0 Å². The van der Waals surface area contributed by atoms with Crippen LogP contribution in [-0.4, -0.2) is 35.5 Å². The van der Waals surface area contributed by atoms with E-state index in [1.54, 1.807) is 6.92 Å². The molecule has 0 aromatic rings. The molecule has 4 nitrogen and oxygen atoms in total. The van der Waals surface area contributed by atoms with Crippen LogP contribution in [0.5, 0.6) is 0 Å². The minimum absolute atomic E-state index is 0.331. The second-order valence-corrected chi connectivity index (χ2v) is 5.22. The van der Waals surface area contributed by atoms with Crippen molar-refractivity contribution in [1.82, 2.24) is 4.90 Å². The number of nitrogens with zero attached hydrogens (tertiary/aromatic N) is 1. The highest BCUT2D eigenvalue weighted by molar-refractivity contribution is 5.83. The van der Waals surface area contributed by atoms with Crippen molar-refractivity contribution in [2.45, 2.75) is 45.2 Å². The molecule has 1 heterocycles. The Bertz CT molecular complexity index is 240. The highest BCUT2D eigenvalue weighted by atomic mass is 16.1. The lowest BCUT2D eigenvalue weighted by atomic mass is 9.93. The molecule has 1 fully saturated rings. The van der Waals surface area contributed by atoms with E-state index < -0.39 is 11.4 Å². The number of rotatable bonds is 4. The third-order valence-corrected chi connectivity index (χ3v) is 3.36. The fourth-order valence-corrected chi connectivity index (χ4v) is 2.21. The van der Waals surface area contributed by atoms with E-state index in [0.717, 1.165) is 19.0 Å². The summed E-state index contributed by atoms with van der Waals surface area (Å²) in [5, 5.41) is 0. The standard InChI is InChI=1S/C11H23N3O/c1-8-4-5-14(7-8)9(2)6-11(3,13)10(12)15/h8-9H,4-7,13H2,1-3H3,(H2,12,15). The third kappa shape index (κ3) is 3.18. The second-order valence-electron chi connectivity index (χ2n) is 5.22. The maximum Gasteiger partial charge on any atom is 0.237 e. The molecule has 0 radical (unpaired) electrons. The van der Waals surface area contributed by atoms with E-state index in [1.165, 1.54) is 6.42 Å². The normalized spacial score (nSPS) is 28.7. The number of carbonyl (C=O) groups is 1. The maximum atomic E-state index is 11.1. The van der Waals surface area contributed by atoms with E-state index in [0.29, 0.717) is 12.5 Å². The molecular formula is C11H23N3O. The monoisotopic (exact) mass is 213 g/mol. The molecule has 3 atom stereocenters. The number of hydrogen-bond donors (Lipinski definition) is 2. The van der Waals surface area contributed by atoms with Crippen LogP contribution in [0, 0.1) is 5.92 Å². The van der Waals surface area contributed by atoms with Crippen LogP contribution in [0.1, 0.15) is 33.6 Å². The zero-order valence-corrected chi connectivity index (χ0v) is 9.99. The number of primary amides is 1. The van der Waals surface area contributed by atoms with E-state index in [-0.39, 0.29) is 0 Å². The second kappa shape index (κ2) is 4.49. The zero-order chi connectivity index (χ0) is 11.6. The first-order valence-electron chi connectivity index (χ1n) is 5.66. The summed E-state index contributed by atoms with van der Waals surface area (Å²) >= 11 is 0. The van der Waals surface area contributed by atoms with Gasteiger partial charge in [0.05, 0.1) is 5.54 Å². The van der Waals surface area contributed by atoms with Crippen molar-refractivity contribution < 1.29 is 4.79 Å². The summed E-state index contributed by atoms with van der Waals surface area (Å²) in [7, 11) is 0. The van der Waals surface area contributed by atoms with Crippen LogP contribution < -0.4 is 11.5 Å². The highest BCUT2D eigenvalue weighted by Gasteiger charge is 2.32. The van der Waals surface area contributed by atoms with Crippen LogP contribution in [0.3, 0.4) is 0 Å². The molecule has 4 heteroatoms. The number of amides is 1. The predicted octanol–water partition coefficient (Wildman–Crippen LogP) is 0.310. The molecule has 1 aliphatic heterocycles. The molecule has 88 valence electrons. The molecule has 0 aliphatic carbocycles. The summed E-state index contributed by atoms with van der Waals surface area (Å²) in [6.45, 7) is 8.30. The average Bonchev–Trinajstić information content (AvgIpc) is 2.50. The summed E-state index contributed by atoms with van der Waals surface area (Å²) < 4.78 is 0. The van der Waals surface area contributed by atoms with Gasteiger partial charge < -0.3 is 16.4 Å². The summed E-state index contributed by atoms with van der Waals surface area (Å²) in [5.41, 5.74) is 10.2. The van der Waals surface area contributed by atoms with Crippen molar-refractivity contribution in [3.05, 3.63) is 0 Å². The topological polar surface area (TPSA) is 72.3 Å². The van der Waals surface area contributed by atoms with Crippen LogP contribution in [0.2, 0.25) is 0 Å². The quantitative estimate of drug-likeness (QED) is 0.706. The van der Waals surface area contributed by atoms with Crippen molar-refractivity contribution in [3.8, 4) is 0 Å². The molecule has 15 heavy (non-hydrogen) atoms. The van der Waals surface area contributed by atoms with Gasteiger partial charge in [-0.05, 0) is 39.2 Å². The number of carbonyl (C=O) groups excluding carboxylic acids is 1. The molecule has 0 saturated carbocycles. The lowest BCUT2D eigenvalue weighted by Crippen LogP contribution is -2.53. The smallest absolute Gasteiger partial charge is 0.237 e. The van der Waals surface area contributed by atoms with Gasteiger partial charge in [-0.25, -0.2) is 0 Å². The van der Waals surface area contributed by atoms with Crippen molar-refractivity contribution in [2.24, 2.45) is 17.4 Å². The van der Waals surface area contributed by atoms with Gasteiger partial charge in [0.25, 0.3) is 0 Å². The minimum Gasteiger partial charge on any atom is -0.368 e. The molecule has 1 saturated heterocycles. The Labute approximate surface area is 92.0 Å². The van der Waals surface area contributed by atoms with E-state index in [4.69, 9.17) is 11.5 Å². The van der Waals surface area contributed by atoms with Gasteiger partial charge in [0.15, 0.2) is 0 Å². The van der Waals surface area contributed by atoms with Crippen molar-refractivity contribution in [1.29, 1.82) is 0 Å². The summed E-state index contributed by atoms with van der Waals surface area (Å²) in [6, 6.07) is 0.331. The van der Waals surface area contributed by atoms with E-state index in [2.05, 4.69) is 18.7 Å². The molecule has 3 unspecified atom stereocenters. The van der Waals surface area contributed by atoms with Gasteiger partial charge in [0.1, 0.15) is 0 Å². The molecule has 4 N–H and O–H groups in total. The fraction of sp³-hybridized carbons (Fsp3) is 0.909. The van der Waals surface area contributed by atoms with E-state index >= 15 is 0 Å². The van der Waals surface area contributed by atoms with Gasteiger partial charge in [0, 0.05) is 12.6 Å². The van der Waals surface area contributed by atoms with E-state index in [9.17, 15) is 4.79 Å². The molecule has 1 aliphatic rings.